The number of piperazine rings is 1. The Bertz CT molecular complexity index is 947. The van der Waals surface area contributed by atoms with Crippen molar-refractivity contribution >= 4 is 5.91 Å². The lowest BCUT2D eigenvalue weighted by atomic mass is 10.1. The van der Waals surface area contributed by atoms with Crippen LogP contribution in [0.5, 0.6) is 0 Å². The molecule has 5 nitrogen and oxygen atoms in total. The van der Waals surface area contributed by atoms with E-state index in [9.17, 15) is 4.79 Å². The largest absolute Gasteiger partial charge is 0.375 e. The number of ether oxygens (including phenoxy) is 1. The molecule has 0 saturated carbocycles. The Hall–Kier alpha value is -2.99. The highest BCUT2D eigenvalue weighted by atomic mass is 16.5. The third-order valence-corrected chi connectivity index (χ3v) is 5.99. The Kier molecular flexibility index (Phi) is 8.64. The molecule has 1 saturated heterocycles. The van der Waals surface area contributed by atoms with Crippen molar-refractivity contribution in [2.75, 3.05) is 39.3 Å². The standard InChI is InChI=1S/C28H33N3O2/c32-28(31(21-24-9-3-1-4-10-24)22-25-11-5-2-6-12-25)27-14-8-7-13-26(27)23-33-20-19-30-17-15-29-16-18-30/h1-14,29H,15-23H2. The van der Waals surface area contributed by atoms with Crippen LogP contribution < -0.4 is 5.32 Å². The molecule has 5 heteroatoms. The van der Waals surface area contributed by atoms with Crippen LogP contribution in [0.25, 0.3) is 0 Å². The van der Waals surface area contributed by atoms with Gasteiger partial charge in [0.25, 0.3) is 5.91 Å². The molecule has 0 radical (unpaired) electrons. The van der Waals surface area contributed by atoms with Gasteiger partial charge >= 0.3 is 0 Å². The van der Waals surface area contributed by atoms with Gasteiger partial charge in [0.1, 0.15) is 0 Å². The molecule has 1 fully saturated rings. The molecule has 0 aromatic heterocycles. The van der Waals surface area contributed by atoms with Gasteiger partial charge in [-0.2, -0.15) is 0 Å². The summed E-state index contributed by atoms with van der Waals surface area (Å²) in [5.74, 6) is 0.0315. The van der Waals surface area contributed by atoms with Crippen molar-refractivity contribution in [3.63, 3.8) is 0 Å². The molecule has 1 heterocycles. The van der Waals surface area contributed by atoms with Crippen LogP contribution in [0.1, 0.15) is 27.0 Å². The van der Waals surface area contributed by atoms with Gasteiger partial charge in [-0.15, -0.1) is 0 Å². The van der Waals surface area contributed by atoms with Gasteiger partial charge in [0.15, 0.2) is 0 Å². The van der Waals surface area contributed by atoms with Crippen LogP contribution in [0, 0.1) is 0 Å². The van der Waals surface area contributed by atoms with Crippen LogP contribution >= 0.6 is 0 Å². The summed E-state index contributed by atoms with van der Waals surface area (Å²) in [5.41, 5.74) is 3.89. The number of benzene rings is 3. The number of carbonyl (C=O) groups excluding carboxylic acids is 1. The van der Waals surface area contributed by atoms with Gasteiger partial charge in [-0.05, 0) is 22.8 Å². The maximum Gasteiger partial charge on any atom is 0.254 e. The molecule has 0 aliphatic carbocycles. The summed E-state index contributed by atoms with van der Waals surface area (Å²) in [6.07, 6.45) is 0. The number of hydrogen-bond donors (Lipinski definition) is 1. The average molecular weight is 444 g/mol. The maximum absolute atomic E-state index is 13.7. The Morgan fingerprint density at radius 3 is 2.03 bits per heavy atom. The average Bonchev–Trinajstić information content (AvgIpc) is 2.88. The summed E-state index contributed by atoms with van der Waals surface area (Å²) >= 11 is 0. The highest BCUT2D eigenvalue weighted by Gasteiger charge is 2.20. The molecule has 33 heavy (non-hydrogen) atoms. The van der Waals surface area contributed by atoms with E-state index in [4.69, 9.17) is 4.74 Å². The van der Waals surface area contributed by atoms with Crippen molar-refractivity contribution in [3.8, 4) is 0 Å². The lowest BCUT2D eigenvalue weighted by Gasteiger charge is -2.27. The van der Waals surface area contributed by atoms with Gasteiger partial charge in [0.05, 0.1) is 13.2 Å². The van der Waals surface area contributed by atoms with Crippen molar-refractivity contribution in [2.24, 2.45) is 0 Å². The number of amides is 1. The summed E-state index contributed by atoms with van der Waals surface area (Å²) in [5, 5.41) is 3.37. The molecule has 0 atom stereocenters. The number of rotatable bonds is 10. The third-order valence-electron chi connectivity index (χ3n) is 5.99. The lowest BCUT2D eigenvalue weighted by molar-refractivity contribution is 0.0710. The monoisotopic (exact) mass is 443 g/mol. The van der Waals surface area contributed by atoms with Crippen LogP contribution in [0.4, 0.5) is 0 Å². The van der Waals surface area contributed by atoms with E-state index in [0.29, 0.717) is 31.9 Å². The fourth-order valence-electron chi connectivity index (χ4n) is 4.14. The molecule has 0 unspecified atom stereocenters. The highest BCUT2D eigenvalue weighted by Crippen LogP contribution is 2.18. The minimum Gasteiger partial charge on any atom is -0.375 e. The molecule has 1 N–H and O–H groups in total. The van der Waals surface area contributed by atoms with E-state index in [1.165, 1.54) is 0 Å². The van der Waals surface area contributed by atoms with Crippen molar-refractivity contribution in [2.45, 2.75) is 19.7 Å². The Morgan fingerprint density at radius 1 is 0.818 bits per heavy atom. The van der Waals surface area contributed by atoms with Gasteiger partial charge in [0, 0.05) is 51.4 Å². The van der Waals surface area contributed by atoms with Gasteiger partial charge in [-0.25, -0.2) is 0 Å². The van der Waals surface area contributed by atoms with Crippen molar-refractivity contribution in [1.82, 2.24) is 15.1 Å². The molecule has 1 aliphatic heterocycles. The molecule has 3 aromatic carbocycles. The number of carbonyl (C=O) groups is 1. The lowest BCUT2D eigenvalue weighted by Crippen LogP contribution is -2.44. The first-order chi connectivity index (χ1) is 16.3. The first-order valence-corrected chi connectivity index (χ1v) is 11.8. The minimum atomic E-state index is 0.0315. The molecule has 4 rings (SSSR count). The second kappa shape index (κ2) is 12.3. The summed E-state index contributed by atoms with van der Waals surface area (Å²) in [7, 11) is 0. The quantitative estimate of drug-likeness (QED) is 0.482. The molecule has 0 bridgehead atoms. The molecular formula is C28H33N3O2. The van der Waals surface area contributed by atoms with Crippen molar-refractivity contribution < 1.29 is 9.53 Å². The van der Waals surface area contributed by atoms with Crippen LogP contribution in [-0.2, 0) is 24.4 Å². The van der Waals surface area contributed by atoms with Gasteiger partial charge in [-0.1, -0.05) is 78.9 Å². The first kappa shape index (κ1) is 23.2. The number of nitrogens with one attached hydrogen (secondary N) is 1. The Morgan fingerprint density at radius 2 is 1.39 bits per heavy atom. The molecule has 1 aliphatic rings. The maximum atomic E-state index is 13.7. The zero-order chi connectivity index (χ0) is 22.7. The normalized spacial score (nSPS) is 14.2. The van der Waals surface area contributed by atoms with E-state index in [-0.39, 0.29) is 5.91 Å². The van der Waals surface area contributed by atoms with Crippen molar-refractivity contribution in [3.05, 3.63) is 107 Å². The van der Waals surface area contributed by atoms with Gasteiger partial charge < -0.3 is 15.0 Å². The predicted molar refractivity (Wildman–Crippen MR) is 132 cm³/mol. The van der Waals surface area contributed by atoms with Gasteiger partial charge in [0.2, 0.25) is 0 Å². The molecular weight excluding hydrogens is 410 g/mol. The van der Waals surface area contributed by atoms with Gasteiger partial charge in [-0.3, -0.25) is 9.69 Å². The van der Waals surface area contributed by atoms with E-state index >= 15 is 0 Å². The number of hydrogen-bond acceptors (Lipinski definition) is 4. The highest BCUT2D eigenvalue weighted by molar-refractivity contribution is 5.95. The summed E-state index contributed by atoms with van der Waals surface area (Å²) < 4.78 is 6.00. The number of nitrogens with zero attached hydrogens (tertiary/aromatic N) is 2. The fourth-order valence-corrected chi connectivity index (χ4v) is 4.14. The summed E-state index contributed by atoms with van der Waals surface area (Å²) in [6, 6.07) is 28.1. The first-order valence-electron chi connectivity index (χ1n) is 11.8. The van der Waals surface area contributed by atoms with Crippen LogP contribution in [-0.4, -0.2) is 55.0 Å². The SMILES string of the molecule is O=C(c1ccccc1COCCN1CCNCC1)N(Cc1ccccc1)Cc1ccccc1. The van der Waals surface area contributed by atoms with Crippen LogP contribution in [0.15, 0.2) is 84.9 Å². The van der Waals surface area contributed by atoms with E-state index in [0.717, 1.165) is 49.4 Å². The summed E-state index contributed by atoms with van der Waals surface area (Å²) in [4.78, 5) is 18.0. The van der Waals surface area contributed by atoms with Crippen LogP contribution in [0.2, 0.25) is 0 Å². The Balaban J connectivity index is 1.44. The topological polar surface area (TPSA) is 44.8 Å². The minimum absolute atomic E-state index is 0.0315. The van der Waals surface area contributed by atoms with E-state index < -0.39 is 0 Å². The molecule has 3 aromatic rings. The fraction of sp³-hybridized carbons (Fsp3) is 0.321. The van der Waals surface area contributed by atoms with E-state index in [1.807, 2.05) is 65.6 Å². The third kappa shape index (κ3) is 6.99. The predicted octanol–water partition coefficient (Wildman–Crippen LogP) is 3.95. The second-order valence-corrected chi connectivity index (χ2v) is 8.43. The van der Waals surface area contributed by atoms with Crippen LogP contribution in [0.3, 0.4) is 0 Å². The zero-order valence-electron chi connectivity index (χ0n) is 19.2. The molecule has 1 amide bonds. The molecule has 0 spiro atoms. The second-order valence-electron chi connectivity index (χ2n) is 8.43. The van der Waals surface area contributed by atoms with E-state index in [1.54, 1.807) is 0 Å². The van der Waals surface area contributed by atoms with E-state index in [2.05, 4.69) is 34.5 Å². The summed E-state index contributed by atoms with van der Waals surface area (Å²) in [6.45, 7) is 7.36. The smallest absolute Gasteiger partial charge is 0.254 e. The van der Waals surface area contributed by atoms with Crippen molar-refractivity contribution in [1.29, 1.82) is 0 Å². The zero-order valence-corrected chi connectivity index (χ0v) is 19.2. The Labute approximate surface area is 197 Å². The molecule has 172 valence electrons.